The van der Waals surface area contributed by atoms with Gasteiger partial charge in [0.1, 0.15) is 4.90 Å². The molecule has 0 unspecified atom stereocenters. The molecule has 2 aromatic rings. The summed E-state index contributed by atoms with van der Waals surface area (Å²) in [7, 11) is -4.07. The Labute approximate surface area is 129 Å². The van der Waals surface area contributed by atoms with Crippen molar-refractivity contribution in [3.8, 4) is 0 Å². The van der Waals surface area contributed by atoms with Crippen LogP contribution in [0.15, 0.2) is 59.5 Å². The lowest BCUT2D eigenvalue weighted by Crippen LogP contribution is -2.13. The van der Waals surface area contributed by atoms with E-state index in [9.17, 15) is 13.2 Å². The Morgan fingerprint density at radius 1 is 1.00 bits per heavy atom. The second-order valence-corrected chi connectivity index (χ2v) is 6.25. The van der Waals surface area contributed by atoms with Gasteiger partial charge in [0, 0.05) is 0 Å². The number of rotatable bonds is 7. The summed E-state index contributed by atoms with van der Waals surface area (Å²) >= 11 is 0. The minimum atomic E-state index is -4.07. The maximum atomic E-state index is 12.1. The van der Waals surface area contributed by atoms with E-state index in [0.717, 1.165) is 5.56 Å². The first-order valence-corrected chi connectivity index (χ1v) is 8.17. The van der Waals surface area contributed by atoms with Crippen molar-refractivity contribution in [3.63, 3.8) is 0 Å². The normalized spacial score (nSPS) is 11.3. The number of benzene rings is 2. The number of aromatic carboxylic acids is 1. The SMILES string of the molecule is O=C(O)c1ccccc1S(=O)(=O)OCCCc1ccccc1. The highest BCUT2D eigenvalue weighted by Crippen LogP contribution is 2.18. The van der Waals surface area contributed by atoms with E-state index in [-0.39, 0.29) is 17.1 Å². The fourth-order valence-electron chi connectivity index (χ4n) is 2.01. The van der Waals surface area contributed by atoms with Gasteiger partial charge in [-0.15, -0.1) is 0 Å². The summed E-state index contributed by atoms with van der Waals surface area (Å²) in [4.78, 5) is 10.7. The molecule has 2 rings (SSSR count). The summed E-state index contributed by atoms with van der Waals surface area (Å²) in [6.45, 7) is 0.00514. The largest absolute Gasteiger partial charge is 0.478 e. The molecule has 0 saturated carbocycles. The molecular formula is C16H16O5S. The summed E-state index contributed by atoms with van der Waals surface area (Å²) in [6, 6.07) is 15.0. The first-order valence-electron chi connectivity index (χ1n) is 6.76. The smallest absolute Gasteiger partial charge is 0.337 e. The predicted octanol–water partition coefficient (Wildman–Crippen LogP) is 2.72. The van der Waals surface area contributed by atoms with Crippen LogP contribution in [-0.4, -0.2) is 26.1 Å². The van der Waals surface area contributed by atoms with Crippen LogP contribution >= 0.6 is 0 Å². The van der Waals surface area contributed by atoms with Gasteiger partial charge in [0.2, 0.25) is 0 Å². The minimum absolute atomic E-state index is 0.00514. The van der Waals surface area contributed by atoms with Crippen molar-refractivity contribution in [2.75, 3.05) is 6.61 Å². The summed E-state index contributed by atoms with van der Waals surface area (Å²) in [6.07, 6.45) is 1.22. The Hall–Kier alpha value is -2.18. The average molecular weight is 320 g/mol. The van der Waals surface area contributed by atoms with Gasteiger partial charge in [-0.2, -0.15) is 8.42 Å². The first kappa shape index (κ1) is 16.2. The van der Waals surface area contributed by atoms with Crippen molar-refractivity contribution in [2.24, 2.45) is 0 Å². The number of carbonyl (C=O) groups is 1. The van der Waals surface area contributed by atoms with Crippen LogP contribution < -0.4 is 0 Å². The highest BCUT2D eigenvalue weighted by atomic mass is 32.2. The molecule has 0 atom stereocenters. The van der Waals surface area contributed by atoms with E-state index < -0.39 is 16.1 Å². The van der Waals surface area contributed by atoms with E-state index in [2.05, 4.69) is 0 Å². The Balaban J connectivity index is 1.99. The number of carboxylic acids is 1. The quantitative estimate of drug-likeness (QED) is 0.626. The van der Waals surface area contributed by atoms with E-state index in [4.69, 9.17) is 9.29 Å². The minimum Gasteiger partial charge on any atom is -0.478 e. The lowest BCUT2D eigenvalue weighted by molar-refractivity contribution is 0.0692. The molecule has 0 amide bonds. The molecular weight excluding hydrogens is 304 g/mol. The lowest BCUT2D eigenvalue weighted by Gasteiger charge is -2.08. The zero-order valence-electron chi connectivity index (χ0n) is 11.8. The molecule has 2 aromatic carbocycles. The van der Waals surface area contributed by atoms with Crippen LogP contribution in [0.25, 0.3) is 0 Å². The molecule has 0 spiro atoms. The molecule has 0 aliphatic rings. The van der Waals surface area contributed by atoms with Gasteiger partial charge in [-0.3, -0.25) is 4.18 Å². The van der Waals surface area contributed by atoms with E-state index >= 15 is 0 Å². The van der Waals surface area contributed by atoms with E-state index in [1.807, 2.05) is 30.3 Å². The molecule has 0 saturated heterocycles. The Bertz CT molecular complexity index is 738. The van der Waals surface area contributed by atoms with Gasteiger partial charge in [-0.1, -0.05) is 42.5 Å². The van der Waals surface area contributed by atoms with Crippen LogP contribution in [0.2, 0.25) is 0 Å². The number of hydrogen-bond acceptors (Lipinski definition) is 4. The third-order valence-corrected chi connectivity index (χ3v) is 4.45. The molecule has 5 nitrogen and oxygen atoms in total. The highest BCUT2D eigenvalue weighted by Gasteiger charge is 2.22. The second-order valence-electron chi connectivity index (χ2n) is 4.67. The number of carboxylic acid groups (broad SMARTS) is 1. The van der Waals surface area contributed by atoms with Crippen molar-refractivity contribution in [2.45, 2.75) is 17.7 Å². The molecule has 6 heteroatoms. The third-order valence-electron chi connectivity index (χ3n) is 3.08. The van der Waals surface area contributed by atoms with Gasteiger partial charge in [0.15, 0.2) is 0 Å². The van der Waals surface area contributed by atoms with Crippen molar-refractivity contribution in [1.82, 2.24) is 0 Å². The van der Waals surface area contributed by atoms with Gasteiger partial charge in [-0.05, 0) is 30.5 Å². The van der Waals surface area contributed by atoms with Gasteiger partial charge in [0.25, 0.3) is 10.1 Å². The molecule has 0 aromatic heterocycles. The van der Waals surface area contributed by atoms with Crippen molar-refractivity contribution in [1.29, 1.82) is 0 Å². The molecule has 0 heterocycles. The fraction of sp³-hybridized carbons (Fsp3) is 0.188. The lowest BCUT2D eigenvalue weighted by atomic mass is 10.1. The zero-order chi connectivity index (χ0) is 16.0. The molecule has 0 fully saturated rings. The summed E-state index contributed by atoms with van der Waals surface area (Å²) in [5, 5.41) is 9.03. The fourth-order valence-corrected chi connectivity index (χ4v) is 3.15. The molecule has 0 aliphatic carbocycles. The maximum Gasteiger partial charge on any atom is 0.337 e. The van der Waals surface area contributed by atoms with Gasteiger partial charge >= 0.3 is 5.97 Å². The van der Waals surface area contributed by atoms with Crippen LogP contribution in [0.3, 0.4) is 0 Å². The Morgan fingerprint density at radius 2 is 1.64 bits per heavy atom. The second kappa shape index (κ2) is 7.20. The van der Waals surface area contributed by atoms with Gasteiger partial charge < -0.3 is 5.11 Å². The van der Waals surface area contributed by atoms with E-state index in [1.165, 1.54) is 24.3 Å². The molecule has 1 N–H and O–H groups in total. The highest BCUT2D eigenvalue weighted by molar-refractivity contribution is 7.86. The summed E-state index contributed by atoms with van der Waals surface area (Å²) < 4.78 is 29.1. The molecule has 0 aliphatic heterocycles. The predicted molar refractivity (Wildman–Crippen MR) is 81.3 cm³/mol. The van der Waals surface area contributed by atoms with Crippen molar-refractivity contribution in [3.05, 3.63) is 65.7 Å². The topological polar surface area (TPSA) is 80.7 Å². The monoisotopic (exact) mass is 320 g/mol. The van der Waals surface area contributed by atoms with Crippen LogP contribution in [-0.2, 0) is 20.7 Å². The first-order chi connectivity index (χ1) is 10.5. The molecule has 0 bridgehead atoms. The van der Waals surface area contributed by atoms with Crippen LogP contribution in [0.1, 0.15) is 22.3 Å². The summed E-state index contributed by atoms with van der Waals surface area (Å²) in [5.41, 5.74) is 0.806. The zero-order valence-corrected chi connectivity index (χ0v) is 12.6. The van der Waals surface area contributed by atoms with E-state index in [1.54, 1.807) is 0 Å². The Kier molecular flexibility index (Phi) is 5.30. The van der Waals surface area contributed by atoms with Crippen molar-refractivity contribution < 1.29 is 22.5 Å². The third kappa shape index (κ3) is 4.16. The molecule has 0 radical (unpaired) electrons. The van der Waals surface area contributed by atoms with Crippen molar-refractivity contribution >= 4 is 16.1 Å². The molecule has 22 heavy (non-hydrogen) atoms. The van der Waals surface area contributed by atoms with E-state index in [0.29, 0.717) is 12.8 Å². The van der Waals surface area contributed by atoms with Gasteiger partial charge in [-0.25, -0.2) is 4.79 Å². The standard InChI is InChI=1S/C16H16O5S/c17-16(18)14-10-4-5-11-15(14)22(19,20)21-12-6-9-13-7-2-1-3-8-13/h1-5,7-8,10-11H,6,9,12H2,(H,17,18). The van der Waals surface area contributed by atoms with Crippen LogP contribution in [0, 0.1) is 0 Å². The maximum absolute atomic E-state index is 12.1. The number of hydrogen-bond donors (Lipinski definition) is 1. The number of aryl methyl sites for hydroxylation is 1. The summed E-state index contributed by atoms with van der Waals surface area (Å²) in [5.74, 6) is -1.30. The van der Waals surface area contributed by atoms with Gasteiger partial charge in [0.05, 0.1) is 12.2 Å². The average Bonchev–Trinajstić information content (AvgIpc) is 2.52. The Morgan fingerprint density at radius 3 is 2.32 bits per heavy atom. The van der Waals surface area contributed by atoms with Crippen LogP contribution in [0.5, 0.6) is 0 Å². The van der Waals surface area contributed by atoms with Crippen LogP contribution in [0.4, 0.5) is 0 Å². The molecule has 116 valence electrons.